The second-order valence-electron chi connectivity index (χ2n) is 4.41. The van der Waals surface area contributed by atoms with Crippen molar-refractivity contribution in [3.63, 3.8) is 0 Å². The number of carbonyl (C=O) groups excluding carboxylic acids is 1. The second kappa shape index (κ2) is 7.42. The van der Waals surface area contributed by atoms with Gasteiger partial charge in [0.1, 0.15) is 11.5 Å². The molecular formula is C15H18N2O4. The predicted octanol–water partition coefficient (Wildman–Crippen LogP) is 2.81. The summed E-state index contributed by atoms with van der Waals surface area (Å²) in [6.45, 7) is 4.70. The summed E-state index contributed by atoms with van der Waals surface area (Å²) in [6.07, 6.45) is 2.35. The number of hydrogen-bond acceptors (Lipinski definition) is 6. The standard InChI is InChI=1S/C15H18N2O4/c1-3-7-19-12-6-5-11(9-18)13(8-12)20-10-15-16-14(4-2)17-21-15/h5-6,8-9H,3-4,7,10H2,1-2H3. The van der Waals surface area contributed by atoms with Gasteiger partial charge in [-0.3, -0.25) is 4.79 Å². The molecule has 0 saturated heterocycles. The molecular weight excluding hydrogens is 272 g/mol. The van der Waals surface area contributed by atoms with Crippen LogP contribution >= 0.6 is 0 Å². The molecule has 112 valence electrons. The molecule has 0 amide bonds. The molecule has 6 heteroatoms. The summed E-state index contributed by atoms with van der Waals surface area (Å²) >= 11 is 0. The monoisotopic (exact) mass is 290 g/mol. The minimum Gasteiger partial charge on any atom is -0.493 e. The average molecular weight is 290 g/mol. The van der Waals surface area contributed by atoms with Gasteiger partial charge in [-0.25, -0.2) is 0 Å². The summed E-state index contributed by atoms with van der Waals surface area (Å²) in [6, 6.07) is 5.10. The Bertz CT molecular complexity index is 595. The van der Waals surface area contributed by atoms with Crippen molar-refractivity contribution in [1.29, 1.82) is 0 Å². The largest absolute Gasteiger partial charge is 0.493 e. The van der Waals surface area contributed by atoms with Gasteiger partial charge in [-0.1, -0.05) is 19.0 Å². The van der Waals surface area contributed by atoms with Crippen LogP contribution in [-0.2, 0) is 13.0 Å². The Morgan fingerprint density at radius 3 is 2.81 bits per heavy atom. The van der Waals surface area contributed by atoms with Crippen molar-refractivity contribution in [1.82, 2.24) is 10.1 Å². The topological polar surface area (TPSA) is 74.5 Å². The number of aldehydes is 1. The third-order valence-corrected chi connectivity index (χ3v) is 2.76. The number of rotatable bonds is 8. The molecule has 1 aromatic heterocycles. The summed E-state index contributed by atoms with van der Waals surface area (Å²) in [5.74, 6) is 2.11. The maximum atomic E-state index is 11.0. The van der Waals surface area contributed by atoms with Gasteiger partial charge in [-0.05, 0) is 18.6 Å². The van der Waals surface area contributed by atoms with E-state index in [2.05, 4.69) is 10.1 Å². The second-order valence-corrected chi connectivity index (χ2v) is 4.41. The van der Waals surface area contributed by atoms with Crippen molar-refractivity contribution in [3.8, 4) is 11.5 Å². The highest BCUT2D eigenvalue weighted by Gasteiger charge is 2.09. The zero-order valence-corrected chi connectivity index (χ0v) is 12.2. The van der Waals surface area contributed by atoms with E-state index >= 15 is 0 Å². The van der Waals surface area contributed by atoms with Gasteiger partial charge in [0.15, 0.2) is 18.7 Å². The SMILES string of the molecule is CCCOc1ccc(C=O)c(OCc2nc(CC)no2)c1. The fourth-order valence-corrected chi connectivity index (χ4v) is 1.68. The molecule has 0 saturated carbocycles. The average Bonchev–Trinajstić information content (AvgIpc) is 2.99. The Labute approximate surface area is 123 Å². The Kier molecular flexibility index (Phi) is 5.31. The molecule has 2 aromatic rings. The van der Waals surface area contributed by atoms with Crippen molar-refractivity contribution in [2.24, 2.45) is 0 Å². The molecule has 1 heterocycles. The maximum Gasteiger partial charge on any atom is 0.264 e. The summed E-state index contributed by atoms with van der Waals surface area (Å²) in [5.41, 5.74) is 0.453. The highest BCUT2D eigenvalue weighted by Crippen LogP contribution is 2.24. The summed E-state index contributed by atoms with van der Waals surface area (Å²) < 4.78 is 16.1. The lowest BCUT2D eigenvalue weighted by molar-refractivity contribution is 0.111. The van der Waals surface area contributed by atoms with Crippen LogP contribution in [0.3, 0.4) is 0 Å². The molecule has 0 atom stereocenters. The van der Waals surface area contributed by atoms with E-state index in [4.69, 9.17) is 14.0 Å². The van der Waals surface area contributed by atoms with Gasteiger partial charge in [-0.15, -0.1) is 0 Å². The lowest BCUT2D eigenvalue weighted by Gasteiger charge is -2.09. The van der Waals surface area contributed by atoms with Crippen molar-refractivity contribution >= 4 is 6.29 Å². The first kappa shape index (κ1) is 15.0. The minimum absolute atomic E-state index is 0.116. The van der Waals surface area contributed by atoms with Crippen LogP contribution in [0.5, 0.6) is 11.5 Å². The molecule has 1 aromatic carbocycles. The van der Waals surface area contributed by atoms with Gasteiger partial charge < -0.3 is 14.0 Å². The van der Waals surface area contributed by atoms with E-state index in [1.54, 1.807) is 18.2 Å². The normalized spacial score (nSPS) is 10.4. The Morgan fingerprint density at radius 2 is 2.14 bits per heavy atom. The molecule has 0 aliphatic heterocycles. The van der Waals surface area contributed by atoms with Crippen molar-refractivity contribution < 1.29 is 18.8 Å². The Balaban J connectivity index is 2.07. The first-order valence-electron chi connectivity index (χ1n) is 6.93. The molecule has 0 fully saturated rings. The van der Waals surface area contributed by atoms with Gasteiger partial charge in [0.05, 0.1) is 12.2 Å². The molecule has 0 aliphatic carbocycles. The summed E-state index contributed by atoms with van der Waals surface area (Å²) in [5, 5.41) is 3.79. The lowest BCUT2D eigenvalue weighted by atomic mass is 10.2. The number of nitrogens with zero attached hydrogens (tertiary/aromatic N) is 2. The molecule has 0 bridgehead atoms. The molecule has 21 heavy (non-hydrogen) atoms. The van der Waals surface area contributed by atoms with Gasteiger partial charge in [0.25, 0.3) is 5.89 Å². The lowest BCUT2D eigenvalue weighted by Crippen LogP contribution is -2.01. The number of aromatic nitrogens is 2. The van der Waals surface area contributed by atoms with Gasteiger partial charge >= 0.3 is 0 Å². The molecule has 0 aliphatic rings. The van der Waals surface area contributed by atoms with Crippen LogP contribution < -0.4 is 9.47 Å². The van der Waals surface area contributed by atoms with Crippen LogP contribution in [0.15, 0.2) is 22.7 Å². The molecule has 0 spiro atoms. The van der Waals surface area contributed by atoms with Crippen molar-refractivity contribution in [2.75, 3.05) is 6.61 Å². The van der Waals surface area contributed by atoms with E-state index < -0.39 is 0 Å². The van der Waals surface area contributed by atoms with E-state index in [1.165, 1.54) is 0 Å². The number of aryl methyl sites for hydroxylation is 1. The Hall–Kier alpha value is -2.37. The molecule has 0 unspecified atom stereocenters. The van der Waals surface area contributed by atoms with E-state index in [0.717, 1.165) is 12.7 Å². The smallest absolute Gasteiger partial charge is 0.264 e. The van der Waals surface area contributed by atoms with Gasteiger partial charge in [0.2, 0.25) is 0 Å². The Morgan fingerprint density at radius 1 is 1.29 bits per heavy atom. The van der Waals surface area contributed by atoms with Crippen LogP contribution in [0.4, 0.5) is 0 Å². The zero-order valence-electron chi connectivity index (χ0n) is 12.2. The maximum absolute atomic E-state index is 11.0. The van der Waals surface area contributed by atoms with Crippen molar-refractivity contribution in [3.05, 3.63) is 35.5 Å². The van der Waals surface area contributed by atoms with E-state index in [0.29, 0.717) is 41.8 Å². The molecule has 2 rings (SSSR count). The van der Waals surface area contributed by atoms with Crippen LogP contribution in [-0.4, -0.2) is 23.0 Å². The van der Waals surface area contributed by atoms with Gasteiger partial charge in [0, 0.05) is 12.5 Å². The molecule has 0 radical (unpaired) electrons. The number of hydrogen-bond donors (Lipinski definition) is 0. The highest BCUT2D eigenvalue weighted by atomic mass is 16.5. The minimum atomic E-state index is 0.116. The highest BCUT2D eigenvalue weighted by molar-refractivity contribution is 5.79. The van der Waals surface area contributed by atoms with E-state index in [9.17, 15) is 4.79 Å². The van der Waals surface area contributed by atoms with Crippen LogP contribution in [0.25, 0.3) is 0 Å². The fourth-order valence-electron chi connectivity index (χ4n) is 1.68. The van der Waals surface area contributed by atoms with Crippen LogP contribution in [0.2, 0.25) is 0 Å². The van der Waals surface area contributed by atoms with E-state index in [1.807, 2.05) is 13.8 Å². The molecule has 0 N–H and O–H groups in total. The van der Waals surface area contributed by atoms with E-state index in [-0.39, 0.29) is 6.61 Å². The summed E-state index contributed by atoms with van der Waals surface area (Å²) in [4.78, 5) is 15.2. The first-order valence-corrected chi connectivity index (χ1v) is 6.93. The number of ether oxygens (including phenoxy) is 2. The number of carbonyl (C=O) groups is 1. The zero-order chi connectivity index (χ0) is 15.1. The summed E-state index contributed by atoms with van der Waals surface area (Å²) in [7, 11) is 0. The van der Waals surface area contributed by atoms with Crippen LogP contribution in [0.1, 0.15) is 42.3 Å². The predicted molar refractivity (Wildman–Crippen MR) is 75.6 cm³/mol. The number of benzene rings is 1. The first-order chi connectivity index (χ1) is 10.3. The van der Waals surface area contributed by atoms with Crippen molar-refractivity contribution in [2.45, 2.75) is 33.3 Å². The van der Waals surface area contributed by atoms with Crippen LogP contribution in [0, 0.1) is 0 Å². The van der Waals surface area contributed by atoms with Gasteiger partial charge in [-0.2, -0.15) is 4.98 Å². The molecule has 6 nitrogen and oxygen atoms in total. The fraction of sp³-hybridized carbons (Fsp3) is 0.400. The third kappa shape index (κ3) is 4.05. The third-order valence-electron chi connectivity index (χ3n) is 2.76. The quantitative estimate of drug-likeness (QED) is 0.696.